The first kappa shape index (κ1) is 14.7. The lowest BCUT2D eigenvalue weighted by Crippen LogP contribution is -2.38. The van der Waals surface area contributed by atoms with Gasteiger partial charge >= 0.3 is 0 Å². The highest BCUT2D eigenvalue weighted by Gasteiger charge is 2.30. The third-order valence-electron chi connectivity index (χ3n) is 3.49. The Balaban J connectivity index is 2.84. The van der Waals surface area contributed by atoms with Crippen LogP contribution in [0.4, 0.5) is 0 Å². The molecule has 0 saturated carbocycles. The van der Waals surface area contributed by atoms with E-state index in [-0.39, 0.29) is 11.2 Å². The molecule has 1 aliphatic rings. The first-order valence-corrected chi connectivity index (χ1v) is 7.84. The summed E-state index contributed by atoms with van der Waals surface area (Å²) < 4.78 is 23.4. The maximum Gasteiger partial charge on any atom is 0.158 e. The van der Waals surface area contributed by atoms with Gasteiger partial charge in [0.25, 0.3) is 0 Å². The van der Waals surface area contributed by atoms with Crippen molar-refractivity contribution in [3.8, 4) is 0 Å². The molecule has 0 atom stereocenters. The molecule has 0 amide bonds. The third-order valence-corrected chi connectivity index (χ3v) is 5.96. The van der Waals surface area contributed by atoms with Gasteiger partial charge < -0.3 is 5.32 Å². The van der Waals surface area contributed by atoms with Crippen LogP contribution in [-0.2, 0) is 9.84 Å². The van der Waals surface area contributed by atoms with Gasteiger partial charge in [-0.3, -0.25) is 0 Å². The van der Waals surface area contributed by atoms with Crippen LogP contribution in [0.2, 0.25) is 0 Å². The molecule has 1 N–H and O–H groups in total. The van der Waals surface area contributed by atoms with Crippen molar-refractivity contribution in [3.05, 3.63) is 11.6 Å². The van der Waals surface area contributed by atoms with E-state index in [4.69, 9.17) is 0 Å². The Morgan fingerprint density at radius 1 is 1.35 bits per heavy atom. The lowest BCUT2D eigenvalue weighted by molar-refractivity contribution is 0.356. The van der Waals surface area contributed by atoms with Crippen molar-refractivity contribution in [2.75, 3.05) is 18.8 Å². The molecule has 0 unspecified atom stereocenters. The van der Waals surface area contributed by atoms with Crippen LogP contribution < -0.4 is 5.32 Å². The number of rotatable bonds is 2. The van der Waals surface area contributed by atoms with Crippen molar-refractivity contribution in [1.82, 2.24) is 5.32 Å². The Morgan fingerprint density at radius 3 is 2.41 bits per heavy atom. The smallest absolute Gasteiger partial charge is 0.158 e. The van der Waals surface area contributed by atoms with Gasteiger partial charge in [-0.05, 0) is 39.2 Å². The van der Waals surface area contributed by atoms with Crippen molar-refractivity contribution >= 4 is 9.84 Å². The van der Waals surface area contributed by atoms with Crippen molar-refractivity contribution < 1.29 is 8.42 Å². The summed E-state index contributed by atoms with van der Waals surface area (Å²) in [5, 5.41) is 3.34. The van der Waals surface area contributed by atoms with E-state index in [1.54, 1.807) is 20.8 Å². The van der Waals surface area contributed by atoms with Crippen molar-refractivity contribution in [1.29, 1.82) is 0 Å². The fraction of sp³-hybridized carbons (Fsp3) is 0.846. The van der Waals surface area contributed by atoms with E-state index in [0.29, 0.717) is 0 Å². The van der Waals surface area contributed by atoms with Gasteiger partial charge in [0, 0.05) is 6.54 Å². The molecule has 0 spiro atoms. The Morgan fingerprint density at radius 2 is 1.94 bits per heavy atom. The maximum absolute atomic E-state index is 12.0. The summed E-state index contributed by atoms with van der Waals surface area (Å²) in [6, 6.07) is 0. The summed E-state index contributed by atoms with van der Waals surface area (Å²) >= 11 is 0. The standard InChI is InChI=1S/C13H25NO2S/c1-12(2,3)17(15,16)9-7-11-6-8-14-10-13(11,4)5/h7,14H,6,8-10H2,1-5H3/b11-7-. The molecule has 0 aromatic heterocycles. The summed E-state index contributed by atoms with van der Waals surface area (Å²) in [6.07, 6.45) is 2.88. The van der Waals surface area contributed by atoms with Gasteiger partial charge in [0.15, 0.2) is 9.84 Å². The molecule has 1 fully saturated rings. The van der Waals surface area contributed by atoms with Crippen LogP contribution in [0.25, 0.3) is 0 Å². The zero-order valence-corrected chi connectivity index (χ0v) is 12.4. The molecule has 100 valence electrons. The van der Waals surface area contributed by atoms with Gasteiger partial charge in [0.1, 0.15) is 0 Å². The summed E-state index contributed by atoms with van der Waals surface area (Å²) in [5.74, 6) is 0.162. The van der Waals surface area contributed by atoms with Crippen LogP contribution in [-0.4, -0.2) is 32.0 Å². The highest BCUT2D eigenvalue weighted by Crippen LogP contribution is 2.31. The quantitative estimate of drug-likeness (QED) is 0.773. The Bertz CT molecular complexity index is 400. The summed E-state index contributed by atoms with van der Waals surface area (Å²) in [4.78, 5) is 0. The lowest BCUT2D eigenvalue weighted by atomic mass is 9.80. The summed E-state index contributed by atoms with van der Waals surface area (Å²) in [7, 11) is -3.04. The average Bonchev–Trinajstić information content (AvgIpc) is 2.13. The molecular formula is C13H25NO2S. The minimum absolute atomic E-state index is 0.0751. The number of sulfone groups is 1. The molecule has 1 saturated heterocycles. The normalized spacial score (nSPS) is 23.9. The summed E-state index contributed by atoms with van der Waals surface area (Å²) in [6.45, 7) is 11.5. The molecule has 1 aliphatic heterocycles. The van der Waals surface area contributed by atoms with E-state index in [1.807, 2.05) is 6.08 Å². The van der Waals surface area contributed by atoms with E-state index in [9.17, 15) is 8.42 Å². The lowest BCUT2D eigenvalue weighted by Gasteiger charge is -2.34. The third kappa shape index (κ3) is 3.55. The van der Waals surface area contributed by atoms with Crippen molar-refractivity contribution in [2.24, 2.45) is 5.41 Å². The zero-order chi connectivity index (χ0) is 13.3. The van der Waals surface area contributed by atoms with Gasteiger partial charge in [-0.15, -0.1) is 0 Å². The minimum Gasteiger partial charge on any atom is -0.316 e. The van der Waals surface area contributed by atoms with E-state index in [1.165, 1.54) is 5.57 Å². The molecule has 0 aromatic rings. The van der Waals surface area contributed by atoms with E-state index in [2.05, 4.69) is 19.2 Å². The van der Waals surface area contributed by atoms with Crippen LogP contribution >= 0.6 is 0 Å². The Labute approximate surface area is 106 Å². The van der Waals surface area contributed by atoms with E-state index < -0.39 is 14.6 Å². The van der Waals surface area contributed by atoms with Crippen LogP contribution in [0, 0.1) is 5.41 Å². The summed E-state index contributed by atoms with van der Waals surface area (Å²) in [5.41, 5.74) is 1.34. The van der Waals surface area contributed by atoms with E-state index >= 15 is 0 Å². The largest absolute Gasteiger partial charge is 0.316 e. The first-order valence-electron chi connectivity index (χ1n) is 6.19. The molecule has 0 aromatic carbocycles. The van der Waals surface area contributed by atoms with Gasteiger partial charge in [0.05, 0.1) is 10.5 Å². The molecular weight excluding hydrogens is 234 g/mol. The Kier molecular flexibility index (Phi) is 4.09. The number of hydrogen-bond acceptors (Lipinski definition) is 3. The molecule has 0 aliphatic carbocycles. The van der Waals surface area contributed by atoms with Crippen LogP contribution in [0.1, 0.15) is 41.0 Å². The molecule has 17 heavy (non-hydrogen) atoms. The highest BCUT2D eigenvalue weighted by molar-refractivity contribution is 7.92. The van der Waals surface area contributed by atoms with Gasteiger partial charge in [0.2, 0.25) is 0 Å². The van der Waals surface area contributed by atoms with Gasteiger partial charge in [-0.2, -0.15) is 0 Å². The zero-order valence-electron chi connectivity index (χ0n) is 11.6. The van der Waals surface area contributed by atoms with Gasteiger partial charge in [-0.25, -0.2) is 8.42 Å². The number of piperidine rings is 1. The van der Waals surface area contributed by atoms with Crippen LogP contribution in [0.3, 0.4) is 0 Å². The highest BCUT2D eigenvalue weighted by atomic mass is 32.2. The molecule has 1 heterocycles. The van der Waals surface area contributed by atoms with Crippen LogP contribution in [0.15, 0.2) is 11.6 Å². The van der Waals surface area contributed by atoms with Crippen LogP contribution in [0.5, 0.6) is 0 Å². The molecule has 1 rings (SSSR count). The number of nitrogens with one attached hydrogen (secondary N) is 1. The number of hydrogen-bond donors (Lipinski definition) is 1. The van der Waals surface area contributed by atoms with Crippen molar-refractivity contribution in [3.63, 3.8) is 0 Å². The van der Waals surface area contributed by atoms with E-state index in [0.717, 1.165) is 19.5 Å². The average molecular weight is 259 g/mol. The second-order valence-corrected chi connectivity index (χ2v) is 9.22. The SMILES string of the molecule is CC1(C)CNCC/C1=C/CS(=O)(=O)C(C)(C)C. The van der Waals surface area contributed by atoms with Gasteiger partial charge in [-0.1, -0.05) is 25.5 Å². The molecule has 0 radical (unpaired) electrons. The Hall–Kier alpha value is -0.350. The molecule has 4 heteroatoms. The molecule has 3 nitrogen and oxygen atoms in total. The first-order chi connectivity index (χ1) is 7.56. The fourth-order valence-electron chi connectivity index (χ4n) is 1.91. The predicted molar refractivity (Wildman–Crippen MR) is 72.9 cm³/mol. The second-order valence-electron chi connectivity index (χ2n) is 6.43. The predicted octanol–water partition coefficient (Wildman–Crippen LogP) is 2.15. The minimum atomic E-state index is -3.04. The maximum atomic E-state index is 12.0. The fourth-order valence-corrected chi connectivity index (χ4v) is 2.84. The second kappa shape index (κ2) is 4.73. The molecule has 0 bridgehead atoms. The monoisotopic (exact) mass is 259 g/mol. The topological polar surface area (TPSA) is 46.2 Å². The van der Waals surface area contributed by atoms with Crippen molar-refractivity contribution in [2.45, 2.75) is 45.8 Å².